The van der Waals surface area contributed by atoms with Crippen LogP contribution in [0.4, 0.5) is 0 Å². The molecule has 0 bridgehead atoms. The lowest BCUT2D eigenvalue weighted by molar-refractivity contribution is 0.176. The van der Waals surface area contributed by atoms with Gasteiger partial charge in [-0.2, -0.15) is 0 Å². The lowest BCUT2D eigenvalue weighted by Crippen LogP contribution is -2.13. The van der Waals surface area contributed by atoms with Crippen LogP contribution in [-0.4, -0.2) is 11.2 Å². The van der Waals surface area contributed by atoms with Gasteiger partial charge in [0.25, 0.3) is 0 Å². The fourth-order valence-corrected chi connectivity index (χ4v) is 3.43. The van der Waals surface area contributed by atoms with E-state index in [0.717, 1.165) is 16.6 Å². The van der Waals surface area contributed by atoms with Crippen LogP contribution < -0.4 is 0 Å². The van der Waals surface area contributed by atoms with Gasteiger partial charge >= 0.3 is 0 Å². The first-order valence-electron chi connectivity index (χ1n) is 5.61. The van der Waals surface area contributed by atoms with E-state index in [1.54, 1.807) is 11.3 Å². The topological polar surface area (TPSA) is 20.2 Å². The molecule has 0 aliphatic carbocycles. The highest BCUT2D eigenvalue weighted by molar-refractivity contribution is 9.11. The van der Waals surface area contributed by atoms with Crippen LogP contribution in [-0.2, 0) is 12.8 Å². The third-order valence-electron chi connectivity index (χ3n) is 2.62. The molecule has 1 aromatic carbocycles. The van der Waals surface area contributed by atoms with Crippen molar-refractivity contribution in [2.45, 2.75) is 25.9 Å². The van der Waals surface area contributed by atoms with Crippen LogP contribution >= 0.6 is 27.3 Å². The molecule has 0 amide bonds. The highest BCUT2D eigenvalue weighted by Crippen LogP contribution is 2.23. The molecule has 1 N–H and O–H groups in total. The molecule has 0 radical (unpaired) electrons. The first kappa shape index (κ1) is 12.8. The average molecular weight is 311 g/mol. The monoisotopic (exact) mass is 310 g/mol. The van der Waals surface area contributed by atoms with Crippen LogP contribution in [0.1, 0.15) is 16.0 Å². The third kappa shape index (κ3) is 3.95. The van der Waals surface area contributed by atoms with Crippen molar-refractivity contribution < 1.29 is 5.11 Å². The molecule has 1 nitrogen and oxygen atoms in total. The standard InChI is InChI=1S/C14H15BrOS/c1-10-3-2-4-11(7-10)8-12(16)9-13-5-6-14(15)17-13/h2-7,12,16H,8-9H2,1H3. The smallest absolute Gasteiger partial charge is 0.0701 e. The van der Waals surface area contributed by atoms with Crippen LogP contribution in [0.3, 0.4) is 0 Å². The highest BCUT2D eigenvalue weighted by Gasteiger charge is 2.08. The van der Waals surface area contributed by atoms with Crippen LogP contribution in [0, 0.1) is 6.92 Å². The number of aryl methyl sites for hydroxylation is 1. The highest BCUT2D eigenvalue weighted by atomic mass is 79.9. The fourth-order valence-electron chi connectivity index (χ4n) is 1.88. The SMILES string of the molecule is Cc1cccc(CC(O)Cc2ccc(Br)s2)c1. The molecule has 0 aliphatic rings. The normalized spacial score (nSPS) is 12.6. The van der Waals surface area contributed by atoms with E-state index < -0.39 is 0 Å². The zero-order valence-electron chi connectivity index (χ0n) is 9.69. The Morgan fingerprint density at radius 2 is 2.06 bits per heavy atom. The Morgan fingerprint density at radius 1 is 1.24 bits per heavy atom. The van der Waals surface area contributed by atoms with Gasteiger partial charge in [-0.1, -0.05) is 29.8 Å². The van der Waals surface area contributed by atoms with Gasteiger partial charge in [-0.05, 0) is 47.0 Å². The second kappa shape index (κ2) is 5.80. The van der Waals surface area contributed by atoms with Crippen LogP contribution in [0.25, 0.3) is 0 Å². The molecule has 90 valence electrons. The summed E-state index contributed by atoms with van der Waals surface area (Å²) in [5.74, 6) is 0. The largest absolute Gasteiger partial charge is 0.392 e. The Labute approximate surface area is 114 Å². The number of thiophene rings is 1. The second-order valence-electron chi connectivity index (χ2n) is 4.26. The molecular formula is C14H15BrOS. The molecule has 1 atom stereocenters. The lowest BCUT2D eigenvalue weighted by atomic mass is 10.0. The molecule has 2 aromatic rings. The van der Waals surface area contributed by atoms with Crippen molar-refractivity contribution in [3.63, 3.8) is 0 Å². The van der Waals surface area contributed by atoms with Crippen molar-refractivity contribution in [1.29, 1.82) is 0 Å². The summed E-state index contributed by atoms with van der Waals surface area (Å²) >= 11 is 5.12. The minimum absolute atomic E-state index is 0.303. The van der Waals surface area contributed by atoms with Crippen molar-refractivity contribution in [2.24, 2.45) is 0 Å². The van der Waals surface area contributed by atoms with Gasteiger partial charge in [-0.15, -0.1) is 11.3 Å². The summed E-state index contributed by atoms with van der Waals surface area (Å²) in [6.45, 7) is 2.08. The molecule has 0 spiro atoms. The van der Waals surface area contributed by atoms with Gasteiger partial charge in [0.1, 0.15) is 0 Å². The molecule has 2 rings (SSSR count). The summed E-state index contributed by atoms with van der Waals surface area (Å²) in [5.41, 5.74) is 2.45. The molecule has 1 unspecified atom stereocenters. The Kier molecular flexibility index (Phi) is 4.37. The maximum Gasteiger partial charge on any atom is 0.0701 e. The minimum Gasteiger partial charge on any atom is -0.392 e. The Hall–Kier alpha value is -0.640. The number of benzene rings is 1. The molecule has 0 fully saturated rings. The van der Waals surface area contributed by atoms with Crippen LogP contribution in [0.5, 0.6) is 0 Å². The first-order chi connectivity index (χ1) is 8.13. The average Bonchev–Trinajstić information content (AvgIpc) is 2.63. The van der Waals surface area contributed by atoms with Gasteiger partial charge in [0, 0.05) is 11.3 Å². The molecule has 1 heterocycles. The molecule has 3 heteroatoms. The molecular weight excluding hydrogens is 296 g/mol. The number of aliphatic hydroxyl groups excluding tert-OH is 1. The van der Waals surface area contributed by atoms with Gasteiger partial charge in [0.2, 0.25) is 0 Å². The van der Waals surface area contributed by atoms with Gasteiger partial charge in [0.05, 0.1) is 9.89 Å². The molecule has 0 saturated carbocycles. The van der Waals surface area contributed by atoms with E-state index in [1.165, 1.54) is 16.0 Å². The van der Waals surface area contributed by atoms with Crippen molar-refractivity contribution in [3.8, 4) is 0 Å². The summed E-state index contributed by atoms with van der Waals surface area (Å²) in [6.07, 6.45) is 1.14. The van der Waals surface area contributed by atoms with E-state index >= 15 is 0 Å². The van der Waals surface area contributed by atoms with E-state index in [0.29, 0.717) is 0 Å². The fraction of sp³-hybridized carbons (Fsp3) is 0.286. The Balaban J connectivity index is 1.95. The summed E-state index contributed by atoms with van der Waals surface area (Å²) in [6, 6.07) is 12.4. The predicted molar refractivity (Wildman–Crippen MR) is 76.6 cm³/mol. The minimum atomic E-state index is -0.303. The van der Waals surface area contributed by atoms with Gasteiger partial charge in [-0.3, -0.25) is 0 Å². The number of aliphatic hydroxyl groups is 1. The predicted octanol–water partition coefficient (Wildman–Crippen LogP) is 3.97. The van der Waals surface area contributed by atoms with Crippen molar-refractivity contribution >= 4 is 27.3 Å². The van der Waals surface area contributed by atoms with Crippen LogP contribution in [0.15, 0.2) is 40.2 Å². The van der Waals surface area contributed by atoms with Crippen molar-refractivity contribution in [1.82, 2.24) is 0 Å². The molecule has 0 aliphatic heterocycles. The van der Waals surface area contributed by atoms with Gasteiger partial charge in [-0.25, -0.2) is 0 Å². The summed E-state index contributed by atoms with van der Waals surface area (Å²) < 4.78 is 1.12. The maximum atomic E-state index is 10.0. The van der Waals surface area contributed by atoms with E-state index in [1.807, 2.05) is 12.1 Å². The molecule has 0 saturated heterocycles. The van der Waals surface area contributed by atoms with Crippen LogP contribution in [0.2, 0.25) is 0 Å². The first-order valence-corrected chi connectivity index (χ1v) is 7.22. The zero-order chi connectivity index (χ0) is 12.3. The summed E-state index contributed by atoms with van der Waals surface area (Å²) in [5, 5.41) is 10.0. The van der Waals surface area contributed by atoms with Crippen molar-refractivity contribution in [3.05, 3.63) is 56.2 Å². The number of hydrogen-bond acceptors (Lipinski definition) is 2. The van der Waals surface area contributed by atoms with E-state index in [9.17, 15) is 5.11 Å². The lowest BCUT2D eigenvalue weighted by Gasteiger charge is -2.09. The third-order valence-corrected chi connectivity index (χ3v) is 4.27. The van der Waals surface area contributed by atoms with E-state index in [2.05, 4.69) is 47.1 Å². The molecule has 1 aromatic heterocycles. The quantitative estimate of drug-likeness (QED) is 0.906. The number of rotatable bonds is 4. The maximum absolute atomic E-state index is 10.0. The van der Waals surface area contributed by atoms with Crippen molar-refractivity contribution in [2.75, 3.05) is 0 Å². The second-order valence-corrected chi connectivity index (χ2v) is 6.80. The number of halogens is 1. The zero-order valence-corrected chi connectivity index (χ0v) is 12.1. The summed E-state index contributed by atoms with van der Waals surface area (Å²) in [7, 11) is 0. The van der Waals surface area contributed by atoms with Gasteiger partial charge in [0.15, 0.2) is 0 Å². The van der Waals surface area contributed by atoms with E-state index in [4.69, 9.17) is 0 Å². The van der Waals surface area contributed by atoms with E-state index in [-0.39, 0.29) is 6.10 Å². The summed E-state index contributed by atoms with van der Waals surface area (Å²) in [4.78, 5) is 1.22. The Bertz CT molecular complexity index is 492. The van der Waals surface area contributed by atoms with Gasteiger partial charge < -0.3 is 5.11 Å². The molecule has 17 heavy (non-hydrogen) atoms. The Morgan fingerprint density at radius 3 is 2.71 bits per heavy atom. The number of hydrogen-bond donors (Lipinski definition) is 1.